The van der Waals surface area contributed by atoms with Gasteiger partial charge in [-0.15, -0.1) is 0 Å². The van der Waals surface area contributed by atoms with Gasteiger partial charge in [0, 0.05) is 0 Å². The van der Waals surface area contributed by atoms with Gasteiger partial charge in [-0.2, -0.15) is 0 Å². The molecule has 0 saturated heterocycles. The van der Waals surface area contributed by atoms with E-state index in [1.165, 1.54) is 25.7 Å². The molecule has 1 fully saturated rings. The smallest absolute Gasteiger partial charge is 0.0295 e. The maximum atomic E-state index is 2.44. The van der Waals surface area contributed by atoms with Crippen molar-refractivity contribution in [2.45, 2.75) is 46.5 Å². The van der Waals surface area contributed by atoms with Gasteiger partial charge in [-0.3, -0.25) is 0 Å². The van der Waals surface area contributed by atoms with Crippen LogP contribution in [0, 0.1) is 11.3 Å². The third-order valence-corrected chi connectivity index (χ3v) is 2.85. The zero-order valence-electron chi connectivity index (χ0n) is 6.91. The van der Waals surface area contributed by atoms with Crippen LogP contribution in [0.25, 0.3) is 0 Å². The summed E-state index contributed by atoms with van der Waals surface area (Å²) in [6.07, 6.45) is 5.71. The highest BCUT2D eigenvalue weighted by molar-refractivity contribution is 4.97. The molecule has 0 aliphatic heterocycles. The zero-order chi connectivity index (χ0) is 6.91. The molecule has 0 aromatic carbocycles. The lowest BCUT2D eigenvalue weighted by atomic mass is 9.99. The molecule has 0 amide bonds. The molecule has 1 aliphatic carbocycles. The molecular formula is C9H18. The van der Waals surface area contributed by atoms with Crippen LogP contribution in [0.4, 0.5) is 0 Å². The van der Waals surface area contributed by atoms with Crippen molar-refractivity contribution < 1.29 is 0 Å². The van der Waals surface area contributed by atoms with Crippen molar-refractivity contribution in [3.63, 3.8) is 0 Å². The number of rotatable bonds is 3. The van der Waals surface area contributed by atoms with Crippen LogP contribution in [-0.2, 0) is 0 Å². The van der Waals surface area contributed by atoms with Gasteiger partial charge >= 0.3 is 0 Å². The van der Waals surface area contributed by atoms with Gasteiger partial charge in [0.1, 0.15) is 0 Å². The van der Waals surface area contributed by atoms with E-state index in [1.807, 2.05) is 0 Å². The van der Waals surface area contributed by atoms with E-state index in [4.69, 9.17) is 0 Å². The fraction of sp³-hybridized carbons (Fsp3) is 1.00. The van der Waals surface area contributed by atoms with Crippen LogP contribution in [0.3, 0.4) is 0 Å². The Morgan fingerprint density at radius 1 is 1.44 bits per heavy atom. The Morgan fingerprint density at radius 2 is 2.11 bits per heavy atom. The summed E-state index contributed by atoms with van der Waals surface area (Å²) in [7, 11) is 0. The van der Waals surface area contributed by atoms with Gasteiger partial charge in [0.25, 0.3) is 0 Å². The third-order valence-electron chi connectivity index (χ3n) is 2.85. The van der Waals surface area contributed by atoms with Crippen LogP contribution in [0.15, 0.2) is 0 Å². The van der Waals surface area contributed by atoms with Crippen molar-refractivity contribution in [1.29, 1.82) is 0 Å². The van der Waals surface area contributed by atoms with E-state index in [0.717, 1.165) is 11.3 Å². The minimum absolute atomic E-state index is 0.767. The van der Waals surface area contributed by atoms with Crippen molar-refractivity contribution >= 4 is 0 Å². The minimum Gasteiger partial charge on any atom is -0.0654 e. The second-order valence-corrected chi connectivity index (χ2v) is 3.71. The molecule has 0 aromatic heterocycles. The number of hydrogen-bond donors (Lipinski definition) is 0. The Kier molecular flexibility index (Phi) is 1.83. The largest absolute Gasteiger partial charge is 0.0654 e. The first-order valence-corrected chi connectivity index (χ1v) is 4.23. The quantitative estimate of drug-likeness (QED) is 0.544. The van der Waals surface area contributed by atoms with Crippen molar-refractivity contribution in [2.75, 3.05) is 0 Å². The zero-order valence-corrected chi connectivity index (χ0v) is 6.91. The van der Waals surface area contributed by atoms with Gasteiger partial charge in [-0.25, -0.2) is 0 Å². The highest BCUT2D eigenvalue weighted by Crippen LogP contribution is 2.56. The molecule has 2 unspecified atom stereocenters. The Morgan fingerprint density at radius 3 is 2.44 bits per heavy atom. The fourth-order valence-corrected chi connectivity index (χ4v) is 2.02. The molecule has 0 N–H and O–H groups in total. The highest BCUT2D eigenvalue weighted by atomic mass is 14.5. The predicted octanol–water partition coefficient (Wildman–Crippen LogP) is 3.22. The summed E-state index contributed by atoms with van der Waals surface area (Å²) >= 11 is 0. The van der Waals surface area contributed by atoms with E-state index >= 15 is 0 Å². The average Bonchev–Trinajstić information content (AvgIpc) is 2.43. The molecule has 0 spiro atoms. The van der Waals surface area contributed by atoms with Gasteiger partial charge in [-0.1, -0.05) is 33.6 Å². The first kappa shape index (κ1) is 7.11. The fourth-order valence-electron chi connectivity index (χ4n) is 2.02. The molecule has 0 heterocycles. The molecule has 0 bridgehead atoms. The molecule has 0 aromatic rings. The molecule has 9 heavy (non-hydrogen) atoms. The van der Waals surface area contributed by atoms with Gasteiger partial charge in [0.2, 0.25) is 0 Å². The Bertz CT molecular complexity index is 96.2. The average molecular weight is 126 g/mol. The molecule has 1 aliphatic rings. The molecule has 0 radical (unpaired) electrons. The van der Waals surface area contributed by atoms with E-state index in [-0.39, 0.29) is 0 Å². The van der Waals surface area contributed by atoms with Crippen molar-refractivity contribution in [1.82, 2.24) is 0 Å². The Hall–Kier alpha value is 0. The monoisotopic (exact) mass is 126 g/mol. The lowest BCUT2D eigenvalue weighted by Crippen LogP contribution is -1.95. The van der Waals surface area contributed by atoms with E-state index in [2.05, 4.69) is 20.8 Å². The summed E-state index contributed by atoms with van der Waals surface area (Å²) in [5.74, 6) is 1.07. The second kappa shape index (κ2) is 2.32. The Labute approximate surface area is 58.7 Å². The summed E-state index contributed by atoms with van der Waals surface area (Å²) in [4.78, 5) is 0. The lowest BCUT2D eigenvalue weighted by molar-refractivity contribution is 0.449. The summed E-state index contributed by atoms with van der Waals surface area (Å²) in [6.45, 7) is 7.03. The summed E-state index contributed by atoms with van der Waals surface area (Å²) in [5.41, 5.74) is 0.767. The summed E-state index contributed by atoms with van der Waals surface area (Å²) < 4.78 is 0. The van der Waals surface area contributed by atoms with Gasteiger partial charge < -0.3 is 0 Å². The second-order valence-electron chi connectivity index (χ2n) is 3.71. The van der Waals surface area contributed by atoms with Crippen LogP contribution >= 0.6 is 0 Å². The molecule has 54 valence electrons. The summed E-state index contributed by atoms with van der Waals surface area (Å²) in [5, 5.41) is 0. The van der Waals surface area contributed by atoms with Gasteiger partial charge in [0.05, 0.1) is 0 Å². The van der Waals surface area contributed by atoms with Crippen molar-refractivity contribution in [3.05, 3.63) is 0 Å². The highest BCUT2D eigenvalue weighted by Gasteiger charge is 2.46. The SMILES string of the molecule is CCCC1(C)CC1CC. The van der Waals surface area contributed by atoms with E-state index in [1.54, 1.807) is 0 Å². The van der Waals surface area contributed by atoms with Crippen LogP contribution in [-0.4, -0.2) is 0 Å². The molecular weight excluding hydrogens is 108 g/mol. The van der Waals surface area contributed by atoms with E-state index in [9.17, 15) is 0 Å². The molecule has 1 saturated carbocycles. The van der Waals surface area contributed by atoms with Gasteiger partial charge in [-0.05, 0) is 24.2 Å². The molecule has 2 atom stereocenters. The lowest BCUT2D eigenvalue weighted by Gasteiger charge is -2.06. The molecule has 1 rings (SSSR count). The van der Waals surface area contributed by atoms with Crippen LogP contribution in [0.5, 0.6) is 0 Å². The first-order chi connectivity index (χ1) is 4.23. The standard InChI is InChI=1S/C9H18/c1-4-6-9(3)7-8(9)5-2/h8H,4-7H2,1-3H3. The van der Waals surface area contributed by atoms with Gasteiger partial charge in [0.15, 0.2) is 0 Å². The third kappa shape index (κ3) is 1.28. The summed E-state index contributed by atoms with van der Waals surface area (Å²) in [6, 6.07) is 0. The van der Waals surface area contributed by atoms with E-state index in [0.29, 0.717) is 0 Å². The maximum Gasteiger partial charge on any atom is -0.0295 e. The van der Waals surface area contributed by atoms with Crippen molar-refractivity contribution in [2.24, 2.45) is 11.3 Å². The molecule has 0 heteroatoms. The van der Waals surface area contributed by atoms with Crippen molar-refractivity contribution in [3.8, 4) is 0 Å². The topological polar surface area (TPSA) is 0 Å². The minimum atomic E-state index is 0.767. The van der Waals surface area contributed by atoms with Crippen LogP contribution < -0.4 is 0 Å². The predicted molar refractivity (Wildman–Crippen MR) is 41.4 cm³/mol. The number of hydrogen-bond acceptors (Lipinski definition) is 0. The van der Waals surface area contributed by atoms with E-state index < -0.39 is 0 Å². The molecule has 0 nitrogen and oxygen atoms in total. The van der Waals surface area contributed by atoms with Crippen LogP contribution in [0.2, 0.25) is 0 Å². The first-order valence-electron chi connectivity index (χ1n) is 4.23. The Balaban J connectivity index is 2.25. The maximum absolute atomic E-state index is 2.44. The van der Waals surface area contributed by atoms with Crippen LogP contribution in [0.1, 0.15) is 46.5 Å². The normalized spacial score (nSPS) is 41.0.